The maximum absolute atomic E-state index is 10.8. The second-order valence-electron chi connectivity index (χ2n) is 3.47. The van der Waals surface area contributed by atoms with Gasteiger partial charge in [0.1, 0.15) is 5.15 Å². The molecule has 0 radical (unpaired) electrons. The van der Waals surface area contributed by atoms with Gasteiger partial charge in [0.25, 0.3) is 0 Å². The highest BCUT2D eigenvalue weighted by Gasteiger charge is 2.14. The van der Waals surface area contributed by atoms with Crippen molar-refractivity contribution in [3.05, 3.63) is 50.2 Å². The Balaban J connectivity index is 2.72. The molecule has 1 aromatic carbocycles. The van der Waals surface area contributed by atoms with Gasteiger partial charge in [-0.3, -0.25) is 4.79 Å². The van der Waals surface area contributed by atoms with Gasteiger partial charge >= 0.3 is 0 Å². The average Bonchev–Trinajstić information content (AvgIpc) is 2.30. The lowest BCUT2D eigenvalue weighted by atomic mass is 10.1. The lowest BCUT2D eigenvalue weighted by Crippen LogP contribution is -1.90. The van der Waals surface area contributed by atoms with Crippen molar-refractivity contribution in [2.24, 2.45) is 0 Å². The SMILES string of the molecule is O=Cc1cnc(Cl)c(-c2c(Cl)cc(Cl)cc2Cl)c1. The molecule has 0 spiro atoms. The minimum Gasteiger partial charge on any atom is -0.298 e. The van der Waals surface area contributed by atoms with Crippen LogP contribution in [0.15, 0.2) is 24.4 Å². The summed E-state index contributed by atoms with van der Waals surface area (Å²) in [6, 6.07) is 4.67. The topological polar surface area (TPSA) is 30.0 Å². The highest BCUT2D eigenvalue weighted by atomic mass is 35.5. The van der Waals surface area contributed by atoms with Gasteiger partial charge < -0.3 is 0 Å². The van der Waals surface area contributed by atoms with Gasteiger partial charge in [-0.2, -0.15) is 0 Å². The number of nitrogens with zero attached hydrogens (tertiary/aromatic N) is 1. The minimum absolute atomic E-state index is 0.215. The van der Waals surface area contributed by atoms with Crippen LogP contribution in [0.2, 0.25) is 20.2 Å². The largest absolute Gasteiger partial charge is 0.298 e. The predicted octanol–water partition coefficient (Wildman–Crippen LogP) is 5.17. The first-order chi connectivity index (χ1) is 8.52. The summed E-state index contributed by atoms with van der Waals surface area (Å²) in [5.74, 6) is 0. The van der Waals surface area contributed by atoms with Gasteiger partial charge in [-0.1, -0.05) is 46.4 Å². The lowest BCUT2D eigenvalue weighted by Gasteiger charge is -2.09. The molecule has 1 heterocycles. The van der Waals surface area contributed by atoms with Crippen LogP contribution < -0.4 is 0 Å². The molecule has 92 valence electrons. The smallest absolute Gasteiger partial charge is 0.151 e. The Kier molecular flexibility index (Phi) is 4.13. The second kappa shape index (κ2) is 5.45. The van der Waals surface area contributed by atoms with Crippen LogP contribution in [0.5, 0.6) is 0 Å². The average molecular weight is 321 g/mol. The van der Waals surface area contributed by atoms with Crippen molar-refractivity contribution in [2.75, 3.05) is 0 Å². The molecule has 0 fully saturated rings. The molecular weight excluding hydrogens is 316 g/mol. The third-order valence-corrected chi connectivity index (χ3v) is 3.39. The molecule has 0 atom stereocenters. The van der Waals surface area contributed by atoms with Crippen LogP contribution in [0.3, 0.4) is 0 Å². The number of pyridine rings is 1. The van der Waals surface area contributed by atoms with E-state index in [-0.39, 0.29) is 5.15 Å². The molecule has 0 aliphatic heterocycles. The normalized spacial score (nSPS) is 10.4. The minimum atomic E-state index is 0.215. The third kappa shape index (κ3) is 2.62. The Morgan fingerprint density at radius 3 is 2.17 bits per heavy atom. The molecule has 2 rings (SSSR count). The summed E-state index contributed by atoms with van der Waals surface area (Å²) in [4.78, 5) is 14.7. The number of aromatic nitrogens is 1. The molecule has 0 N–H and O–H groups in total. The quantitative estimate of drug-likeness (QED) is 0.564. The summed E-state index contributed by atoms with van der Waals surface area (Å²) in [6.07, 6.45) is 2.04. The molecule has 0 aliphatic carbocycles. The van der Waals surface area contributed by atoms with Gasteiger partial charge in [0.05, 0.1) is 10.0 Å². The number of benzene rings is 1. The van der Waals surface area contributed by atoms with E-state index >= 15 is 0 Å². The molecule has 2 aromatic rings. The molecule has 0 aliphatic rings. The van der Waals surface area contributed by atoms with Crippen LogP contribution in [0.1, 0.15) is 10.4 Å². The molecule has 0 amide bonds. The zero-order valence-electron chi connectivity index (χ0n) is 8.75. The summed E-state index contributed by atoms with van der Waals surface area (Å²) in [5, 5.41) is 1.33. The maximum Gasteiger partial charge on any atom is 0.151 e. The molecule has 18 heavy (non-hydrogen) atoms. The van der Waals surface area contributed by atoms with Gasteiger partial charge in [0.2, 0.25) is 0 Å². The van der Waals surface area contributed by atoms with Gasteiger partial charge in [-0.05, 0) is 18.2 Å². The van der Waals surface area contributed by atoms with E-state index in [1.165, 1.54) is 6.20 Å². The van der Waals surface area contributed by atoms with Crippen molar-refractivity contribution >= 4 is 52.7 Å². The third-order valence-electron chi connectivity index (χ3n) is 2.27. The van der Waals surface area contributed by atoms with E-state index in [1.54, 1.807) is 18.2 Å². The van der Waals surface area contributed by atoms with E-state index in [4.69, 9.17) is 46.4 Å². The summed E-state index contributed by atoms with van der Waals surface area (Å²) in [5.41, 5.74) is 1.38. The van der Waals surface area contributed by atoms with E-state index in [0.717, 1.165) is 0 Å². The van der Waals surface area contributed by atoms with Crippen molar-refractivity contribution in [2.45, 2.75) is 0 Å². The summed E-state index contributed by atoms with van der Waals surface area (Å²) in [6.45, 7) is 0. The number of aldehydes is 1. The molecule has 0 unspecified atom stereocenters. The van der Waals surface area contributed by atoms with Gasteiger partial charge in [0, 0.05) is 27.9 Å². The van der Waals surface area contributed by atoms with E-state index in [2.05, 4.69) is 4.98 Å². The summed E-state index contributed by atoms with van der Waals surface area (Å²) < 4.78 is 0. The van der Waals surface area contributed by atoms with Crippen LogP contribution >= 0.6 is 46.4 Å². The van der Waals surface area contributed by atoms with Crippen molar-refractivity contribution < 1.29 is 4.79 Å². The van der Waals surface area contributed by atoms with E-state index in [0.29, 0.717) is 38.0 Å². The fraction of sp³-hybridized carbons (Fsp3) is 0. The second-order valence-corrected chi connectivity index (χ2v) is 5.08. The maximum atomic E-state index is 10.8. The number of carbonyl (C=O) groups is 1. The predicted molar refractivity (Wildman–Crippen MR) is 75.1 cm³/mol. The van der Waals surface area contributed by atoms with Crippen LogP contribution in [0, 0.1) is 0 Å². The monoisotopic (exact) mass is 319 g/mol. The Morgan fingerprint density at radius 2 is 1.61 bits per heavy atom. The van der Waals surface area contributed by atoms with E-state index < -0.39 is 0 Å². The fourth-order valence-corrected chi connectivity index (χ4v) is 2.72. The van der Waals surface area contributed by atoms with Crippen molar-refractivity contribution in [1.82, 2.24) is 4.98 Å². The first-order valence-corrected chi connectivity index (χ1v) is 6.29. The first-order valence-electron chi connectivity index (χ1n) is 4.78. The molecule has 1 aromatic heterocycles. The molecule has 0 saturated carbocycles. The molecule has 6 heteroatoms. The van der Waals surface area contributed by atoms with Gasteiger partial charge in [-0.25, -0.2) is 4.98 Å². The number of rotatable bonds is 2. The van der Waals surface area contributed by atoms with Crippen molar-refractivity contribution in [1.29, 1.82) is 0 Å². The Morgan fingerprint density at radius 1 is 1.00 bits per heavy atom. The lowest BCUT2D eigenvalue weighted by molar-refractivity contribution is 0.112. The highest BCUT2D eigenvalue weighted by molar-refractivity contribution is 6.43. The molecule has 2 nitrogen and oxygen atoms in total. The fourth-order valence-electron chi connectivity index (χ4n) is 1.50. The molecule has 0 bridgehead atoms. The number of halogens is 4. The van der Waals surface area contributed by atoms with Crippen molar-refractivity contribution in [3.63, 3.8) is 0 Å². The van der Waals surface area contributed by atoms with Crippen LogP contribution in [0.25, 0.3) is 11.1 Å². The summed E-state index contributed by atoms with van der Waals surface area (Å²) in [7, 11) is 0. The first kappa shape index (κ1) is 13.6. The standard InChI is InChI=1S/C12H5Cl4NO/c13-7-2-9(14)11(10(15)3-7)8-1-6(5-18)4-17-12(8)16/h1-5H. The molecule has 0 saturated heterocycles. The van der Waals surface area contributed by atoms with Gasteiger partial charge in [0.15, 0.2) is 6.29 Å². The Bertz CT molecular complexity index is 604. The molecular formula is C12H5Cl4NO. The highest BCUT2D eigenvalue weighted by Crippen LogP contribution is 2.39. The van der Waals surface area contributed by atoms with Crippen LogP contribution in [-0.4, -0.2) is 11.3 Å². The Labute approximate surface area is 123 Å². The zero-order chi connectivity index (χ0) is 13.3. The van der Waals surface area contributed by atoms with Crippen LogP contribution in [0.4, 0.5) is 0 Å². The van der Waals surface area contributed by atoms with Gasteiger partial charge in [-0.15, -0.1) is 0 Å². The number of hydrogen-bond acceptors (Lipinski definition) is 2. The zero-order valence-corrected chi connectivity index (χ0v) is 11.8. The van der Waals surface area contributed by atoms with Crippen LogP contribution in [-0.2, 0) is 0 Å². The summed E-state index contributed by atoms with van der Waals surface area (Å²) >= 11 is 24.0. The Hall–Kier alpha value is -0.800. The number of carbonyl (C=O) groups excluding carboxylic acids is 1. The number of hydrogen-bond donors (Lipinski definition) is 0. The van der Waals surface area contributed by atoms with E-state index in [9.17, 15) is 4.79 Å². The van der Waals surface area contributed by atoms with E-state index in [1.807, 2.05) is 0 Å². The van der Waals surface area contributed by atoms with Crippen molar-refractivity contribution in [3.8, 4) is 11.1 Å².